The monoisotopic (exact) mass is 419 g/mol. The SMILES string of the molecule is O=C(NCC1CCCCN1CCn1nc2c(cc1=O)CSCC2)c1cscn1. The molecule has 0 saturated carbocycles. The van der Waals surface area contributed by atoms with Crippen molar-refractivity contribution < 1.29 is 4.79 Å². The average molecular weight is 420 g/mol. The topological polar surface area (TPSA) is 80.1 Å². The minimum atomic E-state index is -0.114. The van der Waals surface area contributed by atoms with E-state index in [-0.39, 0.29) is 11.5 Å². The predicted octanol–water partition coefficient (Wildman–Crippen LogP) is 1.77. The van der Waals surface area contributed by atoms with E-state index in [1.165, 1.54) is 17.8 Å². The van der Waals surface area contributed by atoms with Gasteiger partial charge in [0.15, 0.2) is 0 Å². The molecule has 150 valence electrons. The van der Waals surface area contributed by atoms with Crippen LogP contribution in [0.5, 0.6) is 0 Å². The molecule has 1 N–H and O–H groups in total. The van der Waals surface area contributed by atoms with Gasteiger partial charge in [-0.05, 0) is 30.7 Å². The maximum absolute atomic E-state index is 12.4. The lowest BCUT2D eigenvalue weighted by Gasteiger charge is -2.35. The van der Waals surface area contributed by atoms with Crippen LogP contribution in [0.4, 0.5) is 0 Å². The summed E-state index contributed by atoms with van der Waals surface area (Å²) in [6, 6.07) is 2.05. The first kappa shape index (κ1) is 19.6. The van der Waals surface area contributed by atoms with Crippen molar-refractivity contribution in [2.24, 2.45) is 0 Å². The number of hydrogen-bond acceptors (Lipinski definition) is 7. The molecular weight excluding hydrogens is 394 g/mol. The van der Waals surface area contributed by atoms with E-state index in [0.29, 0.717) is 24.8 Å². The Labute approximate surface area is 172 Å². The zero-order chi connectivity index (χ0) is 19.3. The maximum Gasteiger partial charge on any atom is 0.270 e. The van der Waals surface area contributed by atoms with Crippen LogP contribution in [-0.4, -0.2) is 57.0 Å². The van der Waals surface area contributed by atoms with Gasteiger partial charge < -0.3 is 5.32 Å². The smallest absolute Gasteiger partial charge is 0.270 e. The van der Waals surface area contributed by atoms with Crippen LogP contribution in [0, 0.1) is 0 Å². The number of hydrogen-bond donors (Lipinski definition) is 1. The second kappa shape index (κ2) is 9.19. The van der Waals surface area contributed by atoms with E-state index in [2.05, 4.69) is 20.3 Å². The highest BCUT2D eigenvalue weighted by molar-refractivity contribution is 7.98. The van der Waals surface area contributed by atoms with Gasteiger partial charge >= 0.3 is 0 Å². The molecule has 4 heterocycles. The van der Waals surface area contributed by atoms with Gasteiger partial charge in [-0.25, -0.2) is 9.67 Å². The molecule has 0 aliphatic carbocycles. The molecule has 1 amide bonds. The van der Waals surface area contributed by atoms with Gasteiger partial charge in [0.25, 0.3) is 11.5 Å². The molecule has 9 heteroatoms. The Morgan fingerprint density at radius 1 is 1.32 bits per heavy atom. The Morgan fingerprint density at radius 2 is 2.25 bits per heavy atom. The highest BCUT2D eigenvalue weighted by Crippen LogP contribution is 2.21. The van der Waals surface area contributed by atoms with Gasteiger partial charge in [0.05, 0.1) is 17.7 Å². The van der Waals surface area contributed by atoms with E-state index in [1.54, 1.807) is 21.6 Å². The first-order valence-electron chi connectivity index (χ1n) is 9.79. The summed E-state index contributed by atoms with van der Waals surface area (Å²) in [6.07, 6.45) is 4.32. The van der Waals surface area contributed by atoms with Crippen LogP contribution in [0.15, 0.2) is 21.8 Å². The highest BCUT2D eigenvalue weighted by Gasteiger charge is 2.23. The molecule has 2 aliphatic rings. The van der Waals surface area contributed by atoms with Crippen LogP contribution < -0.4 is 10.9 Å². The molecule has 2 aliphatic heterocycles. The van der Waals surface area contributed by atoms with Crippen LogP contribution >= 0.6 is 23.1 Å². The molecule has 28 heavy (non-hydrogen) atoms. The van der Waals surface area contributed by atoms with Crippen LogP contribution in [-0.2, 0) is 18.7 Å². The summed E-state index contributed by atoms with van der Waals surface area (Å²) >= 11 is 3.28. The number of fused-ring (bicyclic) bond motifs is 1. The lowest BCUT2D eigenvalue weighted by atomic mass is 10.0. The number of nitrogens with one attached hydrogen (secondary N) is 1. The number of piperidine rings is 1. The van der Waals surface area contributed by atoms with E-state index in [1.807, 2.05) is 11.8 Å². The first-order chi connectivity index (χ1) is 13.7. The van der Waals surface area contributed by atoms with E-state index in [9.17, 15) is 9.59 Å². The normalized spacial score (nSPS) is 19.9. The summed E-state index contributed by atoms with van der Waals surface area (Å²) in [5.41, 5.74) is 4.31. The van der Waals surface area contributed by atoms with Gasteiger partial charge in [-0.3, -0.25) is 14.5 Å². The molecule has 4 rings (SSSR count). The fraction of sp³-hybridized carbons (Fsp3) is 0.579. The Balaban J connectivity index is 1.36. The number of rotatable bonds is 6. The zero-order valence-electron chi connectivity index (χ0n) is 15.8. The van der Waals surface area contributed by atoms with Crippen molar-refractivity contribution in [1.82, 2.24) is 25.0 Å². The van der Waals surface area contributed by atoms with Crippen molar-refractivity contribution in [2.45, 2.75) is 44.0 Å². The molecule has 1 atom stereocenters. The van der Waals surface area contributed by atoms with Crippen molar-refractivity contribution in [3.63, 3.8) is 0 Å². The lowest BCUT2D eigenvalue weighted by Crippen LogP contribution is -2.48. The van der Waals surface area contributed by atoms with Crippen molar-refractivity contribution in [3.8, 4) is 0 Å². The Kier molecular flexibility index (Phi) is 6.43. The van der Waals surface area contributed by atoms with E-state index in [0.717, 1.165) is 55.1 Å². The molecular formula is C19H25N5O2S2. The van der Waals surface area contributed by atoms with Gasteiger partial charge in [-0.1, -0.05) is 6.42 Å². The van der Waals surface area contributed by atoms with Crippen LogP contribution in [0.2, 0.25) is 0 Å². The van der Waals surface area contributed by atoms with Crippen molar-refractivity contribution >= 4 is 29.0 Å². The number of aryl methyl sites for hydroxylation is 1. The Morgan fingerprint density at radius 3 is 3.11 bits per heavy atom. The fourth-order valence-electron chi connectivity index (χ4n) is 3.85. The van der Waals surface area contributed by atoms with E-state index in [4.69, 9.17) is 0 Å². The summed E-state index contributed by atoms with van der Waals surface area (Å²) in [7, 11) is 0. The molecule has 1 unspecified atom stereocenters. The first-order valence-corrected chi connectivity index (χ1v) is 11.9. The third kappa shape index (κ3) is 4.64. The number of thioether (sulfide) groups is 1. The molecule has 1 fully saturated rings. The summed E-state index contributed by atoms with van der Waals surface area (Å²) in [4.78, 5) is 31.0. The molecule has 2 aromatic heterocycles. The molecule has 2 aromatic rings. The van der Waals surface area contributed by atoms with Crippen molar-refractivity contribution in [3.05, 3.63) is 44.3 Å². The summed E-state index contributed by atoms with van der Waals surface area (Å²) in [5, 5.41) is 9.39. The average Bonchev–Trinajstić information content (AvgIpc) is 3.26. The second-order valence-corrected chi connectivity index (χ2v) is 9.07. The second-order valence-electron chi connectivity index (χ2n) is 7.25. The van der Waals surface area contributed by atoms with Gasteiger partial charge in [-0.15, -0.1) is 11.3 Å². The van der Waals surface area contributed by atoms with Gasteiger partial charge in [0, 0.05) is 42.8 Å². The largest absolute Gasteiger partial charge is 0.349 e. The Bertz CT molecular complexity index is 868. The molecule has 0 bridgehead atoms. The van der Waals surface area contributed by atoms with E-state index >= 15 is 0 Å². The molecule has 0 aromatic carbocycles. The van der Waals surface area contributed by atoms with E-state index < -0.39 is 0 Å². The molecule has 1 saturated heterocycles. The number of amides is 1. The Hall–Kier alpha value is -1.71. The number of aromatic nitrogens is 3. The number of likely N-dealkylation sites (tertiary alicyclic amines) is 1. The van der Waals surface area contributed by atoms with Gasteiger partial charge in [-0.2, -0.15) is 16.9 Å². The quantitative estimate of drug-likeness (QED) is 0.769. The van der Waals surface area contributed by atoms with Crippen molar-refractivity contribution in [2.75, 3.05) is 25.4 Å². The predicted molar refractivity (Wildman–Crippen MR) is 112 cm³/mol. The molecule has 7 nitrogen and oxygen atoms in total. The summed E-state index contributed by atoms with van der Waals surface area (Å²) in [5.74, 6) is 1.85. The summed E-state index contributed by atoms with van der Waals surface area (Å²) < 4.78 is 1.62. The van der Waals surface area contributed by atoms with Gasteiger partial charge in [0.2, 0.25) is 0 Å². The van der Waals surface area contributed by atoms with Crippen LogP contribution in [0.1, 0.15) is 41.0 Å². The van der Waals surface area contributed by atoms with Gasteiger partial charge in [0.1, 0.15) is 5.69 Å². The standard InChI is InChI=1S/C19H25N5O2S2/c25-18-9-14-11-27-8-4-16(14)22-24(18)7-6-23-5-2-1-3-15(23)10-20-19(26)17-12-28-13-21-17/h9,12-13,15H,1-8,10-11H2,(H,20,26). The molecule has 0 spiro atoms. The number of carbonyl (C=O) groups is 1. The third-order valence-electron chi connectivity index (χ3n) is 5.42. The minimum absolute atomic E-state index is 0.00774. The summed E-state index contributed by atoms with van der Waals surface area (Å²) in [6.45, 7) is 2.97. The third-order valence-corrected chi connectivity index (χ3v) is 7.01. The fourth-order valence-corrected chi connectivity index (χ4v) is 5.33. The van der Waals surface area contributed by atoms with Crippen molar-refractivity contribution in [1.29, 1.82) is 0 Å². The number of thiazole rings is 1. The lowest BCUT2D eigenvalue weighted by molar-refractivity contribution is 0.0905. The highest BCUT2D eigenvalue weighted by atomic mass is 32.2. The minimum Gasteiger partial charge on any atom is -0.349 e. The molecule has 0 radical (unpaired) electrons. The number of carbonyl (C=O) groups excluding carboxylic acids is 1. The van der Waals surface area contributed by atoms with Crippen LogP contribution in [0.3, 0.4) is 0 Å². The van der Waals surface area contributed by atoms with Crippen LogP contribution in [0.25, 0.3) is 0 Å². The maximum atomic E-state index is 12.4. The number of nitrogens with zero attached hydrogens (tertiary/aromatic N) is 4. The zero-order valence-corrected chi connectivity index (χ0v) is 17.4.